The van der Waals surface area contributed by atoms with Crippen LogP contribution < -0.4 is 0 Å². The minimum absolute atomic E-state index is 9.40. The van der Waals surface area contributed by atoms with E-state index < -0.39 is 26.1 Å². The van der Waals surface area contributed by atoms with Gasteiger partial charge in [0, 0.05) is 0 Å². The SMILES string of the molecule is [F][U]([F])([F])([F])[F]. The van der Waals surface area contributed by atoms with Crippen LogP contribution in [0.25, 0.3) is 0 Å². The van der Waals surface area contributed by atoms with E-state index in [-0.39, 0.29) is 0 Å². The predicted octanol–water partition coefficient (Wildman–Crippen LogP) is 2.10. The van der Waals surface area contributed by atoms with Gasteiger partial charge in [0.2, 0.25) is 0 Å². The molecule has 0 bridgehead atoms. The fraction of sp³-hybridized carbons (Fsp3) is 0. The third kappa shape index (κ3) is 131. The van der Waals surface area contributed by atoms with Gasteiger partial charge in [-0.2, -0.15) is 0 Å². The zero-order valence-electron chi connectivity index (χ0n) is 2.39. The fourth-order valence-electron chi connectivity index (χ4n) is 0. The molecule has 0 unspecified atom stereocenters. The second-order valence-corrected chi connectivity index (χ2v) is 6.66. The van der Waals surface area contributed by atoms with E-state index in [1.54, 1.807) is 0 Å². The zero-order valence-corrected chi connectivity index (χ0v) is 6.55. The van der Waals surface area contributed by atoms with Gasteiger partial charge >= 0.3 is 36.6 Å². The van der Waals surface area contributed by atoms with Crippen LogP contribution in [0.4, 0.5) is 10.5 Å². The second-order valence-electron chi connectivity index (χ2n) is 0.714. The molecule has 0 aliphatic rings. The first-order valence-corrected chi connectivity index (χ1v) is 8.81. The molecule has 0 aliphatic carbocycles. The fourth-order valence-corrected chi connectivity index (χ4v) is 0. The van der Waals surface area contributed by atoms with Crippen LogP contribution >= 0.6 is 0 Å². The molecule has 0 N–H and O–H groups in total. The molecule has 0 aromatic carbocycles. The van der Waals surface area contributed by atoms with Crippen molar-refractivity contribution in [3.05, 3.63) is 0 Å². The monoisotopic (exact) mass is 333 g/mol. The van der Waals surface area contributed by atoms with Crippen molar-refractivity contribution in [2.75, 3.05) is 0 Å². The number of rotatable bonds is 0. The van der Waals surface area contributed by atoms with Crippen LogP contribution in [0.3, 0.4) is 0 Å². The Morgan fingerprint density at radius 1 is 0.667 bits per heavy atom. The van der Waals surface area contributed by atoms with Gasteiger partial charge in [-0.25, -0.2) is 0 Å². The number of hydrogen-bond acceptors (Lipinski definition) is 0. The van der Waals surface area contributed by atoms with Crippen LogP contribution in [-0.4, -0.2) is 0 Å². The van der Waals surface area contributed by atoms with Crippen molar-refractivity contribution in [3.63, 3.8) is 0 Å². The summed E-state index contributed by atoms with van der Waals surface area (Å²) in [5.41, 5.74) is 0. The number of halogens is 5. The van der Waals surface area contributed by atoms with Gasteiger partial charge in [0.05, 0.1) is 0 Å². The Bertz CT molecular complexity index is 37.1. The molecule has 0 rings (SSSR count). The van der Waals surface area contributed by atoms with Gasteiger partial charge in [-0.15, -0.1) is 0 Å². The topological polar surface area (TPSA) is 0 Å². The van der Waals surface area contributed by atoms with Crippen molar-refractivity contribution in [3.8, 4) is 0 Å². The Labute approximate surface area is 36.8 Å². The van der Waals surface area contributed by atoms with Gasteiger partial charge in [-0.3, -0.25) is 0 Å². The molecule has 6 heteroatoms. The van der Waals surface area contributed by atoms with Gasteiger partial charge < -0.3 is 0 Å². The van der Waals surface area contributed by atoms with Crippen LogP contribution in [-0.2, 0) is 0 Å². The van der Waals surface area contributed by atoms with E-state index in [2.05, 4.69) is 0 Å². The molecular weight excluding hydrogens is 333 g/mol. The zero-order chi connectivity index (χ0) is 5.45. The van der Waals surface area contributed by atoms with Crippen LogP contribution in [0.5, 0.6) is 0 Å². The van der Waals surface area contributed by atoms with E-state index in [0.717, 1.165) is 0 Å². The molecule has 0 nitrogen and oxygen atoms in total. The third-order valence-electron chi connectivity index (χ3n) is 0. The van der Waals surface area contributed by atoms with Crippen molar-refractivity contribution in [1.29, 1.82) is 0 Å². The average Bonchev–Trinajstić information content (AvgIpc) is 0.650. The molecule has 0 heterocycles. The van der Waals surface area contributed by atoms with E-state index in [1.165, 1.54) is 0 Å². The van der Waals surface area contributed by atoms with Crippen molar-refractivity contribution < 1.29 is 36.6 Å². The molecule has 0 amide bonds. The molecule has 0 atom stereocenters. The second kappa shape index (κ2) is 1.10. The summed E-state index contributed by atoms with van der Waals surface area (Å²) < 4.78 is 49.7. The molecule has 6 heavy (non-hydrogen) atoms. The van der Waals surface area contributed by atoms with Gasteiger partial charge in [-0.1, -0.05) is 0 Å². The Kier molecular flexibility index (Phi) is 1.23. The first-order chi connectivity index (χ1) is 2.24. The predicted molar refractivity (Wildman–Crippen MR) is 5.54 cm³/mol. The molecule has 0 fully saturated rings. The van der Waals surface area contributed by atoms with Crippen molar-refractivity contribution in [2.24, 2.45) is 0 Å². The van der Waals surface area contributed by atoms with E-state index in [9.17, 15) is 10.5 Å². The van der Waals surface area contributed by atoms with E-state index in [0.29, 0.717) is 0 Å². The van der Waals surface area contributed by atoms with Gasteiger partial charge in [0.1, 0.15) is 0 Å². The summed E-state index contributed by atoms with van der Waals surface area (Å²) >= 11 is -9.40. The average molecular weight is 333 g/mol. The first-order valence-electron chi connectivity index (χ1n) is 0.945. The molecule has 39 valence electrons. The van der Waals surface area contributed by atoms with Crippen LogP contribution in [0.1, 0.15) is 0 Å². The maximum atomic E-state index is 9.93. The third-order valence-corrected chi connectivity index (χ3v) is 0. The molecule has 0 radical (unpaired) electrons. The summed E-state index contributed by atoms with van der Waals surface area (Å²) in [6, 6.07) is 0. The summed E-state index contributed by atoms with van der Waals surface area (Å²) in [5.74, 6) is 0. The van der Waals surface area contributed by atoms with E-state index in [1.807, 2.05) is 0 Å². The first kappa shape index (κ1) is 6.70. The van der Waals surface area contributed by atoms with Crippen molar-refractivity contribution in [1.82, 2.24) is 0 Å². The standard InChI is InChI=1S/5FH.U/h5*1H;/q;;;;;+5/p-5. The van der Waals surface area contributed by atoms with Crippen LogP contribution in [0.2, 0.25) is 0 Å². The van der Waals surface area contributed by atoms with Gasteiger partial charge in [0.25, 0.3) is 0 Å². The van der Waals surface area contributed by atoms with Crippen LogP contribution in [0, 0.1) is 26.1 Å². The Hall–Kier alpha value is 0.702. The molecule has 0 aromatic rings. The summed E-state index contributed by atoms with van der Waals surface area (Å²) in [5, 5.41) is 0. The van der Waals surface area contributed by atoms with E-state index in [4.69, 9.17) is 0 Å². The molecule has 0 aliphatic heterocycles. The Morgan fingerprint density at radius 3 is 0.667 bits per heavy atom. The van der Waals surface area contributed by atoms with Crippen molar-refractivity contribution in [2.45, 2.75) is 0 Å². The summed E-state index contributed by atoms with van der Waals surface area (Å²) in [4.78, 5) is 0. The minimum atomic E-state index is -9.40. The molecule has 0 saturated carbocycles. The summed E-state index contributed by atoms with van der Waals surface area (Å²) in [6.45, 7) is 0. The van der Waals surface area contributed by atoms with Crippen LogP contribution in [0.15, 0.2) is 0 Å². The quantitative estimate of drug-likeness (QED) is 0.596. The summed E-state index contributed by atoms with van der Waals surface area (Å²) in [7, 11) is 0. The molecule has 0 aromatic heterocycles. The summed E-state index contributed by atoms with van der Waals surface area (Å²) in [6.07, 6.45) is 0. The Balaban J connectivity index is 3.73. The maximum absolute atomic E-state index is 9.93. The van der Waals surface area contributed by atoms with Crippen molar-refractivity contribution >= 4 is 0 Å². The van der Waals surface area contributed by atoms with E-state index >= 15 is 0 Å². The van der Waals surface area contributed by atoms with Gasteiger partial charge in [-0.05, 0) is 0 Å². The molecule has 0 spiro atoms. The number of hydrogen-bond donors (Lipinski definition) is 0. The molecule has 0 saturated heterocycles. The van der Waals surface area contributed by atoms with Gasteiger partial charge in [0.15, 0.2) is 0 Å². The normalized spacial score (nSPS) is 19.2. The molecular formula is F5U. The Morgan fingerprint density at radius 2 is 0.667 bits per heavy atom.